The molecular formula is C40H42N10O7. The molecule has 3 N–H and O–H groups in total. The number of nitrogens with one attached hydrogen (secondary N) is 3. The lowest BCUT2D eigenvalue weighted by molar-refractivity contribution is -0.136. The van der Waals surface area contributed by atoms with Gasteiger partial charge in [-0.1, -0.05) is 18.9 Å². The molecule has 3 fully saturated rings. The summed E-state index contributed by atoms with van der Waals surface area (Å²) in [6.07, 6.45) is 7.39. The maximum absolute atomic E-state index is 13.5. The van der Waals surface area contributed by atoms with E-state index in [0.29, 0.717) is 54.3 Å². The van der Waals surface area contributed by atoms with Gasteiger partial charge in [-0.25, -0.2) is 9.97 Å². The van der Waals surface area contributed by atoms with Gasteiger partial charge in [-0.3, -0.25) is 48.3 Å². The quantitative estimate of drug-likeness (QED) is 0.157. The lowest BCUT2D eigenvalue weighted by Crippen LogP contribution is -2.54. The molecule has 0 spiro atoms. The summed E-state index contributed by atoms with van der Waals surface area (Å²) in [4.78, 5) is 108. The Hall–Kier alpha value is -6.52. The third-order valence-electron chi connectivity index (χ3n) is 11.4. The van der Waals surface area contributed by atoms with Crippen molar-refractivity contribution in [1.82, 2.24) is 34.6 Å². The number of anilines is 4. The number of aromatic nitrogens is 4. The summed E-state index contributed by atoms with van der Waals surface area (Å²) in [5.74, 6) is -1.83. The van der Waals surface area contributed by atoms with Gasteiger partial charge >= 0.3 is 0 Å². The molecule has 4 aliphatic rings. The number of aryl methyl sites for hydroxylation is 1. The topological polar surface area (TPSA) is 209 Å². The number of fused-ring (bicyclic) bond motifs is 2. The molecule has 6 heterocycles. The Labute approximate surface area is 326 Å². The van der Waals surface area contributed by atoms with Crippen LogP contribution in [0.15, 0.2) is 47.5 Å². The maximum atomic E-state index is 13.5. The van der Waals surface area contributed by atoms with Gasteiger partial charge in [0.1, 0.15) is 17.5 Å². The number of carbonyl (C=O) groups is 6. The second-order valence-electron chi connectivity index (χ2n) is 14.8. The molecule has 57 heavy (non-hydrogen) atoms. The number of nitrogens with zero attached hydrogens (tertiary/aromatic N) is 7. The van der Waals surface area contributed by atoms with E-state index in [4.69, 9.17) is 4.98 Å². The smallest absolute Gasteiger partial charge is 0.264 e. The minimum absolute atomic E-state index is 0.0249. The highest BCUT2D eigenvalue weighted by molar-refractivity contribution is 6.25. The number of amides is 5. The molecule has 0 radical (unpaired) electrons. The molecule has 3 aliphatic heterocycles. The number of hydrogen-bond donors (Lipinski definition) is 3. The molecule has 4 aromatic rings. The summed E-state index contributed by atoms with van der Waals surface area (Å²) in [5, 5.41) is 9.16. The van der Waals surface area contributed by atoms with Crippen LogP contribution in [0.2, 0.25) is 0 Å². The van der Waals surface area contributed by atoms with Gasteiger partial charge in [-0.05, 0) is 62.9 Å². The molecule has 5 amide bonds. The third-order valence-corrected chi connectivity index (χ3v) is 11.4. The zero-order chi connectivity index (χ0) is 40.0. The van der Waals surface area contributed by atoms with Gasteiger partial charge in [-0.15, -0.1) is 0 Å². The zero-order valence-corrected chi connectivity index (χ0v) is 31.7. The van der Waals surface area contributed by atoms with Crippen molar-refractivity contribution in [3.05, 3.63) is 75.3 Å². The highest BCUT2D eigenvalue weighted by atomic mass is 16.2. The molecule has 0 bridgehead atoms. The van der Waals surface area contributed by atoms with Gasteiger partial charge in [0.15, 0.2) is 5.78 Å². The lowest BCUT2D eigenvalue weighted by Gasteiger charge is -2.36. The third kappa shape index (κ3) is 6.97. The Morgan fingerprint density at radius 3 is 2.39 bits per heavy atom. The van der Waals surface area contributed by atoms with Gasteiger partial charge in [0.2, 0.25) is 23.7 Å². The van der Waals surface area contributed by atoms with Gasteiger partial charge in [0.25, 0.3) is 17.4 Å². The van der Waals surface area contributed by atoms with E-state index in [1.807, 2.05) is 12.1 Å². The summed E-state index contributed by atoms with van der Waals surface area (Å²) in [7, 11) is 0. The minimum Gasteiger partial charge on any atom is -0.384 e. The molecule has 17 nitrogen and oxygen atoms in total. The summed E-state index contributed by atoms with van der Waals surface area (Å²) in [6, 6.07) is 7.50. The second kappa shape index (κ2) is 15.2. The number of hydrogen-bond acceptors (Lipinski definition) is 13. The lowest BCUT2D eigenvalue weighted by atomic mass is 10.0. The molecular weight excluding hydrogens is 733 g/mol. The van der Waals surface area contributed by atoms with Gasteiger partial charge < -0.3 is 20.4 Å². The second-order valence-corrected chi connectivity index (χ2v) is 14.8. The number of benzene rings is 1. The first-order valence-corrected chi connectivity index (χ1v) is 19.3. The Balaban J connectivity index is 0.859. The number of ketones is 1. The summed E-state index contributed by atoms with van der Waals surface area (Å²) >= 11 is 0. The van der Waals surface area contributed by atoms with Crippen LogP contribution in [0.3, 0.4) is 0 Å². The van der Waals surface area contributed by atoms with E-state index in [9.17, 15) is 33.6 Å². The Morgan fingerprint density at radius 1 is 0.912 bits per heavy atom. The molecule has 1 aliphatic carbocycles. The van der Waals surface area contributed by atoms with Crippen LogP contribution in [0.25, 0.3) is 11.0 Å². The van der Waals surface area contributed by atoms with Crippen LogP contribution in [0.1, 0.15) is 94.5 Å². The van der Waals surface area contributed by atoms with Crippen molar-refractivity contribution in [3.63, 3.8) is 0 Å². The van der Waals surface area contributed by atoms with E-state index in [-0.39, 0.29) is 71.7 Å². The van der Waals surface area contributed by atoms with E-state index in [0.717, 1.165) is 36.3 Å². The molecule has 1 unspecified atom stereocenters. The first kappa shape index (κ1) is 37.4. The molecule has 294 valence electrons. The van der Waals surface area contributed by atoms with Crippen molar-refractivity contribution < 1.29 is 28.8 Å². The molecule has 1 atom stereocenters. The molecule has 1 saturated carbocycles. The molecule has 8 rings (SSSR count). The van der Waals surface area contributed by atoms with Crippen LogP contribution < -0.4 is 26.4 Å². The fourth-order valence-corrected chi connectivity index (χ4v) is 8.41. The Bertz CT molecular complexity index is 2400. The average Bonchev–Trinajstić information content (AvgIpc) is 3.81. The number of piperazine rings is 1. The Kier molecular flexibility index (Phi) is 9.97. The fourth-order valence-electron chi connectivity index (χ4n) is 8.41. The van der Waals surface area contributed by atoms with Crippen molar-refractivity contribution in [2.75, 3.05) is 48.3 Å². The first-order valence-electron chi connectivity index (χ1n) is 19.3. The summed E-state index contributed by atoms with van der Waals surface area (Å²) in [6.45, 7) is 5.61. The van der Waals surface area contributed by atoms with E-state index in [1.165, 1.54) is 13.0 Å². The maximum Gasteiger partial charge on any atom is 0.264 e. The minimum atomic E-state index is -1.06. The average molecular weight is 775 g/mol. The van der Waals surface area contributed by atoms with Crippen molar-refractivity contribution >= 4 is 69.5 Å². The summed E-state index contributed by atoms with van der Waals surface area (Å²) < 4.78 is 1.68. The van der Waals surface area contributed by atoms with Crippen LogP contribution in [-0.4, -0.2) is 103 Å². The van der Waals surface area contributed by atoms with Gasteiger partial charge in [-0.2, -0.15) is 4.98 Å². The number of rotatable bonds is 10. The van der Waals surface area contributed by atoms with Crippen molar-refractivity contribution in [2.45, 2.75) is 70.9 Å². The normalized spacial score (nSPS) is 18.6. The highest BCUT2D eigenvalue weighted by Gasteiger charge is 2.45. The summed E-state index contributed by atoms with van der Waals surface area (Å²) in [5.41, 5.74) is 2.57. The first-order chi connectivity index (χ1) is 27.5. The number of Topliss-reactive ketones (excluding diaryl/α,β-unsaturated/α-hetero) is 1. The fraction of sp³-hybridized carbons (Fsp3) is 0.400. The Morgan fingerprint density at radius 2 is 1.68 bits per heavy atom. The molecule has 2 saturated heterocycles. The number of piperidine rings is 1. The zero-order valence-electron chi connectivity index (χ0n) is 31.7. The highest BCUT2D eigenvalue weighted by Crippen LogP contribution is 2.34. The standard InChI is InChI=1S/C40H42N10O7/c1-22-27-21-43-40(46-35(27)49(24-6-3-4-7-24)38(56)33(22)23(2)51)44-30-12-10-25(20-42-30)47-16-18-48(19-17-47)32(53)14-15-41-28-9-5-8-26-34(28)39(57)50(37(26)55)29-11-13-31(52)45-36(29)54/h5,8-10,12,20-21,24,29,41H,3-4,6-7,11,13-19H2,1-2H3,(H,45,52,54)(H,42,43,44,46). The van der Waals surface area contributed by atoms with E-state index < -0.39 is 29.7 Å². The van der Waals surface area contributed by atoms with Crippen LogP contribution in [0.5, 0.6) is 0 Å². The molecule has 17 heteroatoms. The monoisotopic (exact) mass is 774 g/mol. The van der Waals surface area contributed by atoms with Crippen LogP contribution in [-0.2, 0) is 14.4 Å². The number of pyridine rings is 2. The number of carbonyl (C=O) groups excluding carboxylic acids is 6. The molecule has 1 aromatic carbocycles. The van der Waals surface area contributed by atoms with Crippen LogP contribution in [0.4, 0.5) is 23.1 Å². The van der Waals surface area contributed by atoms with E-state index >= 15 is 0 Å². The van der Waals surface area contributed by atoms with Crippen LogP contribution in [0, 0.1) is 6.92 Å². The van der Waals surface area contributed by atoms with Gasteiger partial charge in [0, 0.05) is 68.9 Å². The van der Waals surface area contributed by atoms with Crippen molar-refractivity contribution in [3.8, 4) is 0 Å². The van der Waals surface area contributed by atoms with E-state index in [1.54, 1.807) is 40.9 Å². The molecule has 3 aromatic heterocycles. The number of imide groups is 2. The predicted octanol–water partition coefficient (Wildman–Crippen LogP) is 3.11. The van der Waals surface area contributed by atoms with Crippen molar-refractivity contribution in [1.29, 1.82) is 0 Å². The van der Waals surface area contributed by atoms with Gasteiger partial charge in [0.05, 0.1) is 28.6 Å². The van der Waals surface area contributed by atoms with Crippen molar-refractivity contribution in [2.24, 2.45) is 0 Å². The predicted molar refractivity (Wildman–Crippen MR) is 209 cm³/mol. The van der Waals surface area contributed by atoms with Crippen LogP contribution >= 0.6 is 0 Å². The SMILES string of the molecule is CC(=O)c1c(C)c2cnc(Nc3ccc(N4CCN(C(=O)CCNc5cccc6c5C(=O)N(C5CCC(=O)NC5=O)C6=O)CC4)cn3)nc2n(C2CCCC2)c1=O. The van der Waals surface area contributed by atoms with E-state index in [2.05, 4.69) is 30.8 Å². The largest absolute Gasteiger partial charge is 0.384 e.